The van der Waals surface area contributed by atoms with Crippen molar-refractivity contribution < 1.29 is 9.53 Å². The van der Waals surface area contributed by atoms with Crippen molar-refractivity contribution in [2.45, 2.75) is 52.6 Å². The highest BCUT2D eigenvalue weighted by atomic mass is 16.5. The molecule has 0 bridgehead atoms. The highest BCUT2D eigenvalue weighted by Gasteiger charge is 2.16. The van der Waals surface area contributed by atoms with Crippen LogP contribution < -0.4 is 0 Å². The Kier molecular flexibility index (Phi) is 5.23. The minimum Gasteiger partial charge on any atom is -0.379 e. The Balaban J connectivity index is 3.62. The van der Waals surface area contributed by atoms with Gasteiger partial charge in [-0.05, 0) is 40.0 Å². The highest BCUT2D eigenvalue weighted by molar-refractivity contribution is 5.77. The first-order valence-corrected chi connectivity index (χ1v) is 4.94. The van der Waals surface area contributed by atoms with E-state index in [1.54, 1.807) is 14.0 Å². The van der Waals surface area contributed by atoms with Gasteiger partial charge in [-0.25, -0.2) is 0 Å². The molecule has 0 rings (SSSR count). The Bertz CT molecular complexity index is 161. The summed E-state index contributed by atoms with van der Waals surface area (Å²) >= 11 is 0. The number of Topliss-reactive ketones (excluding diaryl/α,β-unsaturated/α-hetero) is 1. The lowest BCUT2D eigenvalue weighted by molar-refractivity contribution is -0.120. The molecule has 0 radical (unpaired) electrons. The van der Waals surface area contributed by atoms with Crippen LogP contribution in [0.3, 0.4) is 0 Å². The van der Waals surface area contributed by atoms with Crippen LogP contribution in [0.1, 0.15) is 47.0 Å². The molecule has 0 heterocycles. The molecule has 0 spiro atoms. The van der Waals surface area contributed by atoms with E-state index in [2.05, 4.69) is 13.8 Å². The van der Waals surface area contributed by atoms with Gasteiger partial charge in [0, 0.05) is 13.0 Å². The SMILES string of the molecule is COC(C)(C)CCC[C@@H](C)C(C)=O. The minimum atomic E-state index is -0.0451. The number of rotatable bonds is 6. The zero-order chi connectivity index (χ0) is 10.5. The monoisotopic (exact) mass is 186 g/mol. The van der Waals surface area contributed by atoms with E-state index in [1.165, 1.54) is 0 Å². The first-order valence-electron chi connectivity index (χ1n) is 4.94. The number of methoxy groups -OCH3 is 1. The van der Waals surface area contributed by atoms with Gasteiger partial charge in [0.2, 0.25) is 0 Å². The third-order valence-electron chi connectivity index (χ3n) is 2.66. The summed E-state index contributed by atoms with van der Waals surface area (Å²) in [6.07, 6.45) is 3.05. The van der Waals surface area contributed by atoms with Crippen molar-refractivity contribution in [3.63, 3.8) is 0 Å². The molecule has 0 aromatic carbocycles. The number of carbonyl (C=O) groups excluding carboxylic acids is 1. The van der Waals surface area contributed by atoms with Crippen LogP contribution in [0.25, 0.3) is 0 Å². The van der Waals surface area contributed by atoms with Crippen molar-refractivity contribution in [1.82, 2.24) is 0 Å². The van der Waals surface area contributed by atoms with Crippen molar-refractivity contribution in [3.05, 3.63) is 0 Å². The molecule has 0 aromatic rings. The van der Waals surface area contributed by atoms with E-state index in [4.69, 9.17) is 4.74 Å². The molecule has 0 unspecified atom stereocenters. The van der Waals surface area contributed by atoms with Crippen LogP contribution in [0.2, 0.25) is 0 Å². The van der Waals surface area contributed by atoms with Gasteiger partial charge in [0.05, 0.1) is 5.60 Å². The lowest BCUT2D eigenvalue weighted by Gasteiger charge is -2.23. The van der Waals surface area contributed by atoms with Crippen molar-refractivity contribution in [2.24, 2.45) is 5.92 Å². The molecule has 0 fully saturated rings. The van der Waals surface area contributed by atoms with Gasteiger partial charge in [0.25, 0.3) is 0 Å². The summed E-state index contributed by atoms with van der Waals surface area (Å²) in [5, 5.41) is 0. The van der Waals surface area contributed by atoms with Gasteiger partial charge in [0.15, 0.2) is 0 Å². The third-order valence-corrected chi connectivity index (χ3v) is 2.66. The second-order valence-electron chi connectivity index (χ2n) is 4.37. The maximum Gasteiger partial charge on any atom is 0.132 e. The van der Waals surface area contributed by atoms with Gasteiger partial charge >= 0.3 is 0 Å². The molecule has 13 heavy (non-hydrogen) atoms. The summed E-state index contributed by atoms with van der Waals surface area (Å²) in [4.78, 5) is 10.9. The summed E-state index contributed by atoms with van der Waals surface area (Å²) in [7, 11) is 1.73. The van der Waals surface area contributed by atoms with Crippen LogP contribution in [0, 0.1) is 5.92 Å². The third kappa shape index (κ3) is 5.81. The molecular weight excluding hydrogens is 164 g/mol. The van der Waals surface area contributed by atoms with Gasteiger partial charge in [0.1, 0.15) is 5.78 Å². The summed E-state index contributed by atoms with van der Waals surface area (Å²) in [6, 6.07) is 0. The van der Waals surface area contributed by atoms with Crippen molar-refractivity contribution >= 4 is 5.78 Å². The largest absolute Gasteiger partial charge is 0.379 e. The Morgan fingerprint density at radius 3 is 2.38 bits per heavy atom. The number of ether oxygens (including phenoxy) is 1. The van der Waals surface area contributed by atoms with Crippen molar-refractivity contribution in [2.75, 3.05) is 7.11 Å². The Morgan fingerprint density at radius 1 is 1.46 bits per heavy atom. The predicted molar refractivity (Wildman–Crippen MR) is 54.8 cm³/mol. The number of hydrogen-bond donors (Lipinski definition) is 0. The maximum atomic E-state index is 10.9. The molecule has 0 saturated carbocycles. The van der Waals surface area contributed by atoms with E-state index in [0.717, 1.165) is 19.3 Å². The molecule has 78 valence electrons. The highest BCUT2D eigenvalue weighted by Crippen LogP contribution is 2.19. The summed E-state index contributed by atoms with van der Waals surface area (Å²) < 4.78 is 5.30. The molecule has 0 aromatic heterocycles. The first kappa shape index (κ1) is 12.6. The standard InChI is InChI=1S/C11H22O2/c1-9(10(2)12)7-6-8-11(3,4)13-5/h9H,6-8H2,1-5H3/t9-/m1/s1. The molecule has 0 N–H and O–H groups in total. The van der Waals surface area contributed by atoms with Crippen LogP contribution in [0.15, 0.2) is 0 Å². The van der Waals surface area contributed by atoms with E-state index >= 15 is 0 Å². The average molecular weight is 186 g/mol. The van der Waals surface area contributed by atoms with Crippen LogP contribution in [-0.2, 0) is 9.53 Å². The van der Waals surface area contributed by atoms with E-state index in [9.17, 15) is 4.79 Å². The first-order chi connectivity index (χ1) is 5.89. The fraction of sp³-hybridized carbons (Fsp3) is 0.909. The van der Waals surface area contributed by atoms with E-state index in [1.807, 2.05) is 6.92 Å². The second-order valence-corrected chi connectivity index (χ2v) is 4.37. The van der Waals surface area contributed by atoms with E-state index < -0.39 is 0 Å². The fourth-order valence-electron chi connectivity index (χ4n) is 1.14. The molecule has 1 atom stereocenters. The summed E-state index contributed by atoms with van der Waals surface area (Å²) in [5.74, 6) is 0.489. The number of ketones is 1. The summed E-state index contributed by atoms with van der Waals surface area (Å²) in [6.45, 7) is 7.80. The second kappa shape index (κ2) is 5.38. The Morgan fingerprint density at radius 2 is 2.00 bits per heavy atom. The topological polar surface area (TPSA) is 26.3 Å². The van der Waals surface area contributed by atoms with Gasteiger partial charge in [-0.2, -0.15) is 0 Å². The zero-order valence-corrected chi connectivity index (χ0v) is 9.52. The molecule has 0 aliphatic carbocycles. The maximum absolute atomic E-state index is 10.9. The van der Waals surface area contributed by atoms with Crippen LogP contribution in [0.5, 0.6) is 0 Å². The molecule has 0 aliphatic rings. The lowest BCUT2D eigenvalue weighted by Crippen LogP contribution is -2.22. The Hall–Kier alpha value is -0.370. The number of carbonyl (C=O) groups is 1. The fourth-order valence-corrected chi connectivity index (χ4v) is 1.14. The molecule has 2 heteroatoms. The van der Waals surface area contributed by atoms with Crippen LogP contribution in [-0.4, -0.2) is 18.5 Å². The molecule has 2 nitrogen and oxygen atoms in total. The van der Waals surface area contributed by atoms with Gasteiger partial charge in [-0.1, -0.05) is 6.92 Å². The quantitative estimate of drug-likeness (QED) is 0.637. The predicted octanol–water partition coefficient (Wildman–Crippen LogP) is 2.81. The Labute approximate surface area is 81.7 Å². The van der Waals surface area contributed by atoms with Crippen LogP contribution in [0.4, 0.5) is 0 Å². The van der Waals surface area contributed by atoms with Gasteiger partial charge in [-0.15, -0.1) is 0 Å². The van der Waals surface area contributed by atoms with Crippen molar-refractivity contribution in [1.29, 1.82) is 0 Å². The van der Waals surface area contributed by atoms with E-state index in [-0.39, 0.29) is 17.3 Å². The molecule has 0 saturated heterocycles. The van der Waals surface area contributed by atoms with Crippen LogP contribution >= 0.6 is 0 Å². The van der Waals surface area contributed by atoms with Gasteiger partial charge in [-0.3, -0.25) is 4.79 Å². The van der Waals surface area contributed by atoms with Gasteiger partial charge < -0.3 is 4.74 Å². The average Bonchev–Trinajstić information content (AvgIpc) is 2.04. The molecular formula is C11H22O2. The normalized spacial score (nSPS) is 14.2. The zero-order valence-electron chi connectivity index (χ0n) is 9.52. The minimum absolute atomic E-state index is 0.0451. The smallest absolute Gasteiger partial charge is 0.132 e. The lowest BCUT2D eigenvalue weighted by atomic mass is 9.95. The molecule has 0 amide bonds. The molecule has 0 aliphatic heterocycles. The number of hydrogen-bond acceptors (Lipinski definition) is 2. The summed E-state index contributed by atoms with van der Waals surface area (Å²) in [5.41, 5.74) is -0.0451. The van der Waals surface area contributed by atoms with E-state index in [0.29, 0.717) is 0 Å². The van der Waals surface area contributed by atoms with Crippen molar-refractivity contribution in [3.8, 4) is 0 Å².